The molecule has 0 radical (unpaired) electrons. The predicted molar refractivity (Wildman–Crippen MR) is 147 cm³/mol. The van der Waals surface area contributed by atoms with E-state index in [1.54, 1.807) is 60.7 Å². The number of benzene rings is 4. The van der Waals surface area contributed by atoms with Crippen LogP contribution in [0.2, 0.25) is 0 Å². The Morgan fingerprint density at radius 1 is 0.860 bits per heavy atom. The standard InChI is InChI=1S/C32H25F6NO4/c33-31(34,35)28(40)18-39-19-30(26-9-1-2-10-27(26)39,17-20-5-3-8-25(15-20)43-32(36,37)38)24-7-4-6-23(16-24)21-11-13-22(14-12-21)29(41)42/h1-16,28,40H,17-19H2,(H,41,42)/t28-,30?/m1/s1. The van der Waals surface area contributed by atoms with E-state index in [1.807, 2.05) is 6.07 Å². The molecule has 0 fully saturated rings. The van der Waals surface area contributed by atoms with E-state index >= 15 is 0 Å². The summed E-state index contributed by atoms with van der Waals surface area (Å²) in [5.74, 6) is -1.51. The monoisotopic (exact) mass is 601 g/mol. The zero-order valence-electron chi connectivity index (χ0n) is 22.4. The second kappa shape index (κ2) is 11.3. The van der Waals surface area contributed by atoms with Gasteiger partial charge in [0.05, 0.1) is 12.1 Å². The molecule has 0 aromatic heterocycles. The number of rotatable bonds is 8. The molecule has 5 rings (SSSR count). The summed E-state index contributed by atoms with van der Waals surface area (Å²) in [6.45, 7) is -0.749. The quantitative estimate of drug-likeness (QED) is 0.209. The summed E-state index contributed by atoms with van der Waals surface area (Å²) in [6, 6.07) is 25.7. The molecule has 1 heterocycles. The van der Waals surface area contributed by atoms with E-state index in [4.69, 9.17) is 0 Å². The Kier molecular flexibility index (Phi) is 7.87. The van der Waals surface area contributed by atoms with Crippen LogP contribution in [0.5, 0.6) is 5.75 Å². The first-order valence-electron chi connectivity index (χ1n) is 13.1. The molecular formula is C32H25F6NO4. The highest BCUT2D eigenvalue weighted by molar-refractivity contribution is 5.88. The summed E-state index contributed by atoms with van der Waals surface area (Å²) in [5.41, 5.74) is 2.68. The number of aromatic carboxylic acids is 1. The van der Waals surface area contributed by atoms with Crippen LogP contribution < -0.4 is 9.64 Å². The number of ether oxygens (including phenoxy) is 1. The molecule has 1 aliphatic heterocycles. The third-order valence-electron chi connectivity index (χ3n) is 7.51. The second-order valence-corrected chi connectivity index (χ2v) is 10.4. The summed E-state index contributed by atoms with van der Waals surface area (Å²) < 4.78 is 83.3. The molecule has 0 aliphatic carbocycles. The number of β-amino-alcohol motifs (C(OH)–C–C–N with tert-alkyl or cyclic N) is 1. The van der Waals surface area contributed by atoms with Gasteiger partial charge in [-0.25, -0.2) is 4.79 Å². The van der Waals surface area contributed by atoms with Crippen LogP contribution in [0.3, 0.4) is 0 Å². The molecule has 0 saturated carbocycles. The lowest BCUT2D eigenvalue weighted by molar-refractivity contribution is -0.274. The van der Waals surface area contributed by atoms with Crippen LogP contribution in [0.25, 0.3) is 11.1 Å². The highest BCUT2D eigenvalue weighted by atomic mass is 19.4. The van der Waals surface area contributed by atoms with E-state index in [1.165, 1.54) is 35.2 Å². The first-order valence-corrected chi connectivity index (χ1v) is 13.1. The summed E-state index contributed by atoms with van der Waals surface area (Å²) in [7, 11) is 0. The minimum atomic E-state index is -4.91. The fraction of sp³-hybridized carbons (Fsp3) is 0.219. The second-order valence-electron chi connectivity index (χ2n) is 10.4. The SMILES string of the molecule is O=C(O)c1ccc(-c2cccc(C3(Cc4cccc(OC(F)(F)F)c4)CN(C[C@@H](O)C(F)(F)F)c4ccccc43)c2)cc1. The van der Waals surface area contributed by atoms with Crippen molar-refractivity contribution in [3.63, 3.8) is 0 Å². The Bertz CT molecular complexity index is 1620. The molecule has 11 heteroatoms. The van der Waals surface area contributed by atoms with E-state index in [-0.39, 0.29) is 18.5 Å². The van der Waals surface area contributed by atoms with Crippen molar-refractivity contribution in [3.8, 4) is 16.9 Å². The molecule has 2 N–H and O–H groups in total. The van der Waals surface area contributed by atoms with Gasteiger partial charge in [0.25, 0.3) is 0 Å². The van der Waals surface area contributed by atoms with Crippen molar-refractivity contribution in [1.82, 2.24) is 0 Å². The Morgan fingerprint density at radius 3 is 2.23 bits per heavy atom. The number of nitrogens with zero attached hydrogens (tertiary/aromatic N) is 1. The smallest absolute Gasteiger partial charge is 0.478 e. The molecule has 0 amide bonds. The van der Waals surface area contributed by atoms with Crippen LogP contribution in [-0.2, 0) is 11.8 Å². The van der Waals surface area contributed by atoms with Crippen LogP contribution in [0.1, 0.15) is 27.0 Å². The number of alkyl halides is 6. The minimum absolute atomic E-state index is 0.00868. The lowest BCUT2D eigenvalue weighted by atomic mass is 9.71. The van der Waals surface area contributed by atoms with E-state index in [0.29, 0.717) is 33.5 Å². The van der Waals surface area contributed by atoms with Gasteiger partial charge in [0, 0.05) is 17.6 Å². The largest absolute Gasteiger partial charge is 0.573 e. The van der Waals surface area contributed by atoms with Gasteiger partial charge < -0.3 is 19.8 Å². The van der Waals surface area contributed by atoms with Gasteiger partial charge in [-0.15, -0.1) is 13.2 Å². The molecule has 4 aromatic carbocycles. The number of carboxylic acid groups (broad SMARTS) is 1. The Morgan fingerprint density at radius 2 is 1.56 bits per heavy atom. The van der Waals surface area contributed by atoms with Crippen molar-refractivity contribution in [3.05, 3.63) is 119 Å². The Balaban J connectivity index is 1.63. The summed E-state index contributed by atoms with van der Waals surface area (Å²) >= 11 is 0. The van der Waals surface area contributed by atoms with Gasteiger partial charge in [-0.05, 0) is 64.6 Å². The van der Waals surface area contributed by atoms with Crippen molar-refractivity contribution < 1.29 is 46.1 Å². The van der Waals surface area contributed by atoms with Gasteiger partial charge in [-0.3, -0.25) is 0 Å². The lowest BCUT2D eigenvalue weighted by Gasteiger charge is -2.33. The third-order valence-corrected chi connectivity index (χ3v) is 7.51. The normalized spacial score (nSPS) is 17.4. The van der Waals surface area contributed by atoms with Crippen LogP contribution in [0.4, 0.5) is 32.0 Å². The van der Waals surface area contributed by atoms with Crippen LogP contribution in [0, 0.1) is 0 Å². The van der Waals surface area contributed by atoms with Gasteiger partial charge in [0.2, 0.25) is 0 Å². The van der Waals surface area contributed by atoms with Crippen molar-refractivity contribution in [2.24, 2.45) is 0 Å². The fourth-order valence-corrected chi connectivity index (χ4v) is 5.63. The van der Waals surface area contributed by atoms with E-state index in [9.17, 15) is 41.4 Å². The summed E-state index contributed by atoms with van der Waals surface area (Å²) in [6.07, 6.45) is -12.3. The van der Waals surface area contributed by atoms with Gasteiger partial charge in [-0.1, -0.05) is 66.7 Å². The molecule has 4 aromatic rings. The van der Waals surface area contributed by atoms with Crippen LogP contribution >= 0.6 is 0 Å². The number of fused-ring (bicyclic) bond motifs is 1. The topological polar surface area (TPSA) is 70.0 Å². The maximum Gasteiger partial charge on any atom is 0.573 e. The summed E-state index contributed by atoms with van der Waals surface area (Å²) in [4.78, 5) is 12.8. The number of carbonyl (C=O) groups is 1. The fourth-order valence-electron chi connectivity index (χ4n) is 5.63. The minimum Gasteiger partial charge on any atom is -0.478 e. The highest BCUT2D eigenvalue weighted by Gasteiger charge is 2.47. The maximum atomic E-state index is 13.4. The molecule has 1 aliphatic rings. The Hall–Kier alpha value is -4.51. The number of hydrogen-bond donors (Lipinski definition) is 2. The number of hydrogen-bond acceptors (Lipinski definition) is 4. The molecule has 43 heavy (non-hydrogen) atoms. The van der Waals surface area contributed by atoms with E-state index in [2.05, 4.69) is 4.74 Å². The zero-order chi connectivity index (χ0) is 31.0. The Labute approximate surface area is 242 Å². The van der Waals surface area contributed by atoms with E-state index < -0.39 is 42.3 Å². The molecular weight excluding hydrogens is 576 g/mol. The van der Waals surface area contributed by atoms with Gasteiger partial charge in [-0.2, -0.15) is 13.2 Å². The highest BCUT2D eigenvalue weighted by Crippen LogP contribution is 2.48. The van der Waals surface area contributed by atoms with Gasteiger partial charge in [0.15, 0.2) is 6.10 Å². The average Bonchev–Trinajstić information content (AvgIpc) is 3.26. The molecule has 1 unspecified atom stereocenters. The molecule has 224 valence electrons. The lowest BCUT2D eigenvalue weighted by Crippen LogP contribution is -2.44. The number of aliphatic hydroxyl groups is 1. The molecule has 0 bridgehead atoms. The predicted octanol–water partition coefficient (Wildman–Crippen LogP) is 7.22. The number of carboxylic acids is 1. The number of para-hydroxylation sites is 1. The van der Waals surface area contributed by atoms with Gasteiger partial charge >= 0.3 is 18.5 Å². The molecule has 5 nitrogen and oxygen atoms in total. The van der Waals surface area contributed by atoms with Crippen LogP contribution in [0.15, 0.2) is 97.1 Å². The van der Waals surface area contributed by atoms with Crippen LogP contribution in [-0.4, -0.2) is 47.9 Å². The number of aliphatic hydroxyl groups excluding tert-OH is 1. The van der Waals surface area contributed by atoms with Gasteiger partial charge in [0.1, 0.15) is 5.75 Å². The van der Waals surface area contributed by atoms with Crippen molar-refractivity contribution in [2.45, 2.75) is 30.5 Å². The first kappa shape index (κ1) is 30.0. The molecule has 0 spiro atoms. The maximum absolute atomic E-state index is 13.4. The van der Waals surface area contributed by atoms with Crippen molar-refractivity contribution >= 4 is 11.7 Å². The number of halogens is 6. The van der Waals surface area contributed by atoms with Crippen molar-refractivity contribution in [1.29, 1.82) is 0 Å². The third kappa shape index (κ3) is 6.46. The summed E-state index contributed by atoms with van der Waals surface area (Å²) in [5, 5.41) is 19.2. The molecule has 2 atom stereocenters. The molecule has 0 saturated heterocycles. The van der Waals surface area contributed by atoms with Crippen molar-refractivity contribution in [2.75, 3.05) is 18.0 Å². The van der Waals surface area contributed by atoms with E-state index in [0.717, 1.165) is 0 Å². The number of anilines is 1. The zero-order valence-corrected chi connectivity index (χ0v) is 22.4. The average molecular weight is 602 g/mol. The first-order chi connectivity index (χ1) is 20.2.